The number of aliphatic carboxylic acids is 2. The average molecular weight is 536 g/mol. The van der Waals surface area contributed by atoms with Gasteiger partial charge in [0.2, 0.25) is 5.54 Å². The maximum absolute atomic E-state index is 14.8. The molecule has 1 aromatic carbocycles. The van der Waals surface area contributed by atoms with E-state index in [1.807, 2.05) is 0 Å². The number of hydrogen-bond donors (Lipinski definition) is 3. The third-order valence-corrected chi connectivity index (χ3v) is 6.66. The van der Waals surface area contributed by atoms with Crippen molar-refractivity contribution in [2.45, 2.75) is 86.1 Å². The van der Waals surface area contributed by atoms with Gasteiger partial charge in [0.15, 0.2) is 0 Å². The largest absolute Gasteiger partial charge is 0.481 e. The Hall–Kier alpha value is -2.69. The number of carbonyl (C=O) groups excluding carboxylic acids is 1. The number of rotatable bonds is 7. The summed E-state index contributed by atoms with van der Waals surface area (Å²) in [5, 5.41) is 20.9. The molecule has 11 heteroatoms. The highest BCUT2D eigenvalue weighted by atomic mass is 19.4. The van der Waals surface area contributed by atoms with Gasteiger partial charge in [-0.25, -0.2) is 14.0 Å². The van der Waals surface area contributed by atoms with Gasteiger partial charge in [-0.05, 0) is 61.8 Å². The third kappa shape index (κ3) is 5.91. The number of carbonyl (C=O) groups is 3. The van der Waals surface area contributed by atoms with Gasteiger partial charge < -0.3 is 20.7 Å². The minimum Gasteiger partial charge on any atom is -0.481 e. The van der Waals surface area contributed by atoms with Crippen LogP contribution in [0, 0.1) is 28.0 Å². The molecule has 0 saturated carbocycles. The first-order valence-corrected chi connectivity index (χ1v) is 11.6. The van der Waals surface area contributed by atoms with E-state index in [2.05, 4.69) is 0 Å². The number of carboxylic acids is 2. The van der Waals surface area contributed by atoms with Crippen molar-refractivity contribution in [2.24, 2.45) is 27.9 Å². The van der Waals surface area contributed by atoms with E-state index >= 15 is 0 Å². The number of alkyl halides is 3. The molecule has 210 valence electrons. The maximum Gasteiger partial charge on any atom is 0.416 e. The number of ether oxygens (including phenoxy) is 1. The van der Waals surface area contributed by atoms with E-state index in [-0.39, 0.29) is 0 Å². The number of halogens is 4. The highest BCUT2D eigenvalue weighted by Gasteiger charge is 2.74. The average Bonchev–Trinajstić information content (AvgIpc) is 2.63. The molecule has 0 bridgehead atoms. The van der Waals surface area contributed by atoms with Crippen molar-refractivity contribution in [3.63, 3.8) is 0 Å². The Labute approximate surface area is 214 Å². The summed E-state index contributed by atoms with van der Waals surface area (Å²) in [6.07, 6.45) is -5.73. The Bertz CT molecular complexity index is 1030. The van der Waals surface area contributed by atoms with E-state index in [0.717, 1.165) is 0 Å². The number of carboxylic acid groups (broad SMARTS) is 2. The van der Waals surface area contributed by atoms with Crippen molar-refractivity contribution >= 4 is 17.9 Å². The Morgan fingerprint density at radius 3 is 1.70 bits per heavy atom. The molecule has 1 aromatic rings. The lowest BCUT2D eigenvalue weighted by molar-refractivity contribution is -0.208. The zero-order chi connectivity index (χ0) is 29.6. The molecular formula is C26H37F4NO6. The second-order valence-electron chi connectivity index (χ2n) is 12.3. The first kappa shape index (κ1) is 32.3. The fraction of sp³-hybridized carbons (Fsp3) is 0.654. The lowest BCUT2D eigenvalue weighted by atomic mass is 9.41. The molecule has 0 heterocycles. The van der Waals surface area contributed by atoms with Crippen LogP contribution in [0.1, 0.15) is 73.4 Å². The predicted molar refractivity (Wildman–Crippen MR) is 128 cm³/mol. The second kappa shape index (κ2) is 9.89. The molecule has 0 aliphatic carbocycles. The van der Waals surface area contributed by atoms with Crippen molar-refractivity contribution in [3.05, 3.63) is 35.1 Å². The number of hydrogen-bond acceptors (Lipinski definition) is 5. The van der Waals surface area contributed by atoms with Gasteiger partial charge in [-0.1, -0.05) is 41.5 Å². The first-order chi connectivity index (χ1) is 16.2. The lowest BCUT2D eigenvalue weighted by Crippen LogP contribution is -2.77. The SMILES string of the molecule is CC(C)(C)OC(=O)[C@@](N)(C(=O)O)C([C@H](Cc1cc(C(F)(F)F)ccc1F)C(=O)O)(C(C)(C)C)C(C)(C)C. The first-order valence-electron chi connectivity index (χ1n) is 11.6. The predicted octanol–water partition coefficient (Wildman–Crippen LogP) is 5.29. The van der Waals surface area contributed by atoms with Gasteiger partial charge in [0, 0.05) is 5.41 Å². The lowest BCUT2D eigenvalue weighted by Gasteiger charge is -2.62. The molecule has 0 spiro atoms. The van der Waals surface area contributed by atoms with Crippen LogP contribution in [0.5, 0.6) is 0 Å². The highest BCUT2D eigenvalue weighted by molar-refractivity contribution is 6.06. The van der Waals surface area contributed by atoms with Gasteiger partial charge in [-0.2, -0.15) is 13.2 Å². The van der Waals surface area contributed by atoms with Crippen molar-refractivity contribution < 1.29 is 46.9 Å². The molecule has 0 aliphatic heterocycles. The molecule has 0 fully saturated rings. The zero-order valence-corrected chi connectivity index (χ0v) is 22.6. The summed E-state index contributed by atoms with van der Waals surface area (Å²) in [7, 11) is 0. The molecule has 0 radical (unpaired) electrons. The molecule has 0 amide bonds. The molecule has 0 aromatic heterocycles. The smallest absolute Gasteiger partial charge is 0.416 e. The highest BCUT2D eigenvalue weighted by Crippen LogP contribution is 2.63. The summed E-state index contributed by atoms with van der Waals surface area (Å²) < 4.78 is 60.3. The summed E-state index contributed by atoms with van der Waals surface area (Å²) in [4.78, 5) is 39.3. The van der Waals surface area contributed by atoms with Crippen molar-refractivity contribution in [1.29, 1.82) is 0 Å². The van der Waals surface area contributed by atoms with Crippen LogP contribution in [0.4, 0.5) is 17.6 Å². The quantitative estimate of drug-likeness (QED) is 0.246. The Kier molecular flexibility index (Phi) is 8.64. The number of nitrogens with two attached hydrogens (primary N) is 1. The van der Waals surface area contributed by atoms with Crippen LogP contribution in [-0.4, -0.2) is 39.3 Å². The molecule has 7 nitrogen and oxygen atoms in total. The summed E-state index contributed by atoms with van der Waals surface area (Å²) in [5.74, 6) is -8.04. The second-order valence-corrected chi connectivity index (χ2v) is 12.3. The van der Waals surface area contributed by atoms with Crippen LogP contribution in [0.3, 0.4) is 0 Å². The molecule has 4 N–H and O–H groups in total. The topological polar surface area (TPSA) is 127 Å². The fourth-order valence-electron chi connectivity index (χ4n) is 5.96. The standard InChI is InChI=1S/C26H37F4NO6/c1-21(2,3)25(22(4,5)6,24(31,19(34)35)20(36)37-23(7,8)9)16(18(32)33)13-14-12-15(26(28,29)30)10-11-17(14)27/h10-12,16H,13,31H2,1-9H3,(H,32,33)(H,34,35)/t16-,24+/m1/s1. The number of benzene rings is 1. The third-order valence-electron chi connectivity index (χ3n) is 6.66. The van der Waals surface area contributed by atoms with Crippen LogP contribution in [-0.2, 0) is 31.7 Å². The minimum atomic E-state index is -4.85. The Balaban J connectivity index is 4.21. The van der Waals surface area contributed by atoms with Crippen molar-refractivity contribution in [2.75, 3.05) is 0 Å². The minimum absolute atomic E-state index is 0.480. The van der Waals surface area contributed by atoms with Gasteiger partial charge >= 0.3 is 24.1 Å². The molecular weight excluding hydrogens is 498 g/mol. The molecule has 0 saturated heterocycles. The Morgan fingerprint density at radius 1 is 0.919 bits per heavy atom. The van der Waals surface area contributed by atoms with Gasteiger partial charge in [-0.15, -0.1) is 0 Å². The van der Waals surface area contributed by atoms with Crippen LogP contribution >= 0.6 is 0 Å². The van der Waals surface area contributed by atoms with Crippen LogP contribution in [0.15, 0.2) is 18.2 Å². The van der Waals surface area contributed by atoms with Crippen LogP contribution in [0.2, 0.25) is 0 Å². The summed E-state index contributed by atoms with van der Waals surface area (Å²) >= 11 is 0. The summed E-state index contributed by atoms with van der Waals surface area (Å²) in [6.45, 7) is 13.3. The molecule has 1 rings (SSSR count). The van der Waals surface area contributed by atoms with E-state index in [4.69, 9.17) is 10.5 Å². The molecule has 0 aliphatic rings. The van der Waals surface area contributed by atoms with Gasteiger partial charge in [0.25, 0.3) is 0 Å². The Morgan fingerprint density at radius 2 is 1.38 bits per heavy atom. The summed E-state index contributed by atoms with van der Waals surface area (Å²) in [6, 6.07) is 1.56. The van der Waals surface area contributed by atoms with E-state index in [1.165, 1.54) is 62.3 Å². The van der Waals surface area contributed by atoms with Crippen LogP contribution in [0.25, 0.3) is 0 Å². The van der Waals surface area contributed by atoms with Crippen molar-refractivity contribution in [3.8, 4) is 0 Å². The normalized spacial score (nSPS) is 16.1. The molecule has 37 heavy (non-hydrogen) atoms. The van der Waals surface area contributed by atoms with E-state index in [9.17, 15) is 42.2 Å². The monoisotopic (exact) mass is 535 g/mol. The summed E-state index contributed by atoms with van der Waals surface area (Å²) in [5.41, 5.74) is -4.65. The number of esters is 1. The van der Waals surface area contributed by atoms with Gasteiger partial charge in [0.05, 0.1) is 11.5 Å². The van der Waals surface area contributed by atoms with E-state index < -0.39 is 80.8 Å². The van der Waals surface area contributed by atoms with Crippen molar-refractivity contribution in [1.82, 2.24) is 0 Å². The van der Waals surface area contributed by atoms with Gasteiger partial charge in [0.1, 0.15) is 11.4 Å². The molecule has 2 atom stereocenters. The fourth-order valence-corrected chi connectivity index (χ4v) is 5.96. The van der Waals surface area contributed by atoms with E-state index in [1.54, 1.807) is 0 Å². The maximum atomic E-state index is 14.8. The zero-order valence-electron chi connectivity index (χ0n) is 22.6. The van der Waals surface area contributed by atoms with E-state index in [0.29, 0.717) is 18.2 Å². The van der Waals surface area contributed by atoms with Crippen LogP contribution < -0.4 is 5.73 Å². The van der Waals surface area contributed by atoms with Gasteiger partial charge in [-0.3, -0.25) is 4.79 Å². The molecule has 0 unspecified atom stereocenters.